The van der Waals surface area contributed by atoms with E-state index >= 15 is 0 Å². The van der Waals surface area contributed by atoms with Gasteiger partial charge in [0.15, 0.2) is 5.82 Å². The number of methoxy groups -OCH3 is 1. The van der Waals surface area contributed by atoms with Gasteiger partial charge in [-0.25, -0.2) is 9.67 Å². The number of ether oxygens (including phenoxy) is 2. The Morgan fingerprint density at radius 2 is 1.73 bits per heavy atom. The van der Waals surface area contributed by atoms with Gasteiger partial charge in [0, 0.05) is 12.0 Å². The number of alkyl halides is 3. The van der Waals surface area contributed by atoms with E-state index in [-0.39, 0.29) is 5.75 Å². The fourth-order valence-electron chi connectivity index (χ4n) is 5.06. The Labute approximate surface area is 237 Å². The highest BCUT2D eigenvalue weighted by atomic mass is 32.1. The summed E-state index contributed by atoms with van der Waals surface area (Å²) in [5.74, 6) is 2.58. The molecule has 208 valence electrons. The summed E-state index contributed by atoms with van der Waals surface area (Å²) in [5.41, 5.74) is 5.29. The van der Waals surface area contributed by atoms with Crippen LogP contribution in [0.25, 0.3) is 17.1 Å². The van der Waals surface area contributed by atoms with Gasteiger partial charge in [-0.2, -0.15) is 0 Å². The maximum Gasteiger partial charge on any atom is 0.573 e. The van der Waals surface area contributed by atoms with Crippen LogP contribution in [0.4, 0.5) is 13.2 Å². The van der Waals surface area contributed by atoms with Gasteiger partial charge in [0.1, 0.15) is 17.8 Å². The molecule has 1 heterocycles. The maximum absolute atomic E-state index is 12.4. The van der Waals surface area contributed by atoms with Crippen LogP contribution in [0.3, 0.4) is 0 Å². The summed E-state index contributed by atoms with van der Waals surface area (Å²) in [5, 5.41) is 4.49. The van der Waals surface area contributed by atoms with Crippen molar-refractivity contribution in [1.82, 2.24) is 14.8 Å². The molecule has 1 saturated carbocycles. The smallest absolute Gasteiger partial charge is 0.497 e. The van der Waals surface area contributed by atoms with Gasteiger partial charge in [-0.1, -0.05) is 56.4 Å². The first-order valence-electron chi connectivity index (χ1n) is 13.2. The Kier molecular flexibility index (Phi) is 7.94. The van der Waals surface area contributed by atoms with Crippen molar-refractivity contribution in [2.45, 2.75) is 51.3 Å². The molecule has 1 aliphatic carbocycles. The molecule has 1 aromatic heterocycles. The number of rotatable bonds is 10. The van der Waals surface area contributed by atoms with Gasteiger partial charge in [-0.3, -0.25) is 0 Å². The van der Waals surface area contributed by atoms with Crippen molar-refractivity contribution < 1.29 is 22.6 Å². The molecular formula is C31H30F3N3O2S. The van der Waals surface area contributed by atoms with Crippen molar-refractivity contribution in [3.05, 3.63) is 89.7 Å². The Morgan fingerprint density at radius 1 is 1.02 bits per heavy atom. The van der Waals surface area contributed by atoms with Gasteiger partial charge in [-0.05, 0) is 88.5 Å². The molecule has 5 rings (SSSR count). The molecule has 1 aliphatic rings. The number of hydrogen-bond acceptors (Lipinski definition) is 5. The second kappa shape index (κ2) is 11.4. The van der Waals surface area contributed by atoms with E-state index in [1.807, 2.05) is 18.2 Å². The lowest BCUT2D eigenvalue weighted by atomic mass is 9.93. The van der Waals surface area contributed by atoms with E-state index in [1.165, 1.54) is 52.0 Å². The van der Waals surface area contributed by atoms with Crippen LogP contribution in [0.5, 0.6) is 11.5 Å². The molecule has 40 heavy (non-hydrogen) atoms. The van der Waals surface area contributed by atoms with Crippen LogP contribution in [0.1, 0.15) is 55.2 Å². The normalized spacial score (nSPS) is 16.7. The van der Waals surface area contributed by atoms with Crippen LogP contribution in [-0.2, 0) is 6.42 Å². The predicted octanol–water partition coefficient (Wildman–Crippen LogP) is 8.07. The molecule has 2 atom stereocenters. The lowest BCUT2D eigenvalue weighted by Gasteiger charge is -2.15. The van der Waals surface area contributed by atoms with E-state index in [2.05, 4.69) is 52.9 Å². The Balaban J connectivity index is 1.18. The summed E-state index contributed by atoms with van der Waals surface area (Å²) in [4.78, 5) is 5.46. The lowest BCUT2D eigenvalue weighted by molar-refractivity contribution is -0.274. The van der Waals surface area contributed by atoms with Crippen LogP contribution in [0.2, 0.25) is 0 Å². The third-order valence-corrected chi connectivity index (χ3v) is 7.51. The van der Waals surface area contributed by atoms with Crippen molar-refractivity contribution in [3.63, 3.8) is 0 Å². The molecule has 5 nitrogen and oxygen atoms in total. The molecule has 0 saturated heterocycles. The SMILES string of the molecule is COc1ccc(CC(=S)CC2CC2c2ccc(-c3ncn(-c4ccc(OC(F)(F)F)cc4)n3)cc2)c(C(C)C)c1. The van der Waals surface area contributed by atoms with Gasteiger partial charge in [0.25, 0.3) is 0 Å². The van der Waals surface area contributed by atoms with Crippen LogP contribution in [0.15, 0.2) is 73.1 Å². The summed E-state index contributed by atoms with van der Waals surface area (Å²) >= 11 is 5.81. The van der Waals surface area contributed by atoms with Crippen LogP contribution < -0.4 is 9.47 Å². The van der Waals surface area contributed by atoms with Crippen molar-refractivity contribution in [2.75, 3.05) is 7.11 Å². The minimum Gasteiger partial charge on any atom is -0.497 e. The van der Waals surface area contributed by atoms with Crippen molar-refractivity contribution in [3.8, 4) is 28.6 Å². The third-order valence-electron chi connectivity index (χ3n) is 7.20. The number of thiocarbonyl (C=S) groups is 1. The highest BCUT2D eigenvalue weighted by molar-refractivity contribution is 7.80. The Morgan fingerprint density at radius 3 is 2.38 bits per heavy atom. The second-order valence-corrected chi connectivity index (χ2v) is 11.0. The predicted molar refractivity (Wildman–Crippen MR) is 152 cm³/mol. The molecule has 0 spiro atoms. The number of hydrogen-bond donors (Lipinski definition) is 0. The van der Waals surface area contributed by atoms with Gasteiger partial charge in [-0.15, -0.1) is 18.3 Å². The van der Waals surface area contributed by atoms with E-state index in [9.17, 15) is 13.2 Å². The fourth-order valence-corrected chi connectivity index (χ4v) is 5.43. The van der Waals surface area contributed by atoms with Crippen molar-refractivity contribution in [1.29, 1.82) is 0 Å². The van der Waals surface area contributed by atoms with E-state index in [1.54, 1.807) is 7.11 Å². The zero-order valence-corrected chi connectivity index (χ0v) is 23.3. The van der Waals surface area contributed by atoms with Gasteiger partial charge in [0.2, 0.25) is 0 Å². The number of benzene rings is 3. The summed E-state index contributed by atoms with van der Waals surface area (Å²) < 4.78 is 48.0. The Hall–Kier alpha value is -3.72. The number of aromatic nitrogens is 3. The zero-order chi connectivity index (χ0) is 28.4. The first-order valence-corrected chi connectivity index (χ1v) is 13.6. The summed E-state index contributed by atoms with van der Waals surface area (Å²) in [6.07, 6.45) is -0.324. The standard InChI is InChI=1S/C31H30F3N3O2S/c1-19(2)28-17-26(38-3)11-8-22(28)14-27(40)15-23-16-29(23)20-4-6-21(7-5-20)30-35-18-37(36-30)24-9-12-25(13-10-24)39-31(32,33)34/h4-13,17-19,23,29H,14-16H2,1-3H3. The van der Waals surface area contributed by atoms with E-state index in [0.29, 0.717) is 29.3 Å². The molecule has 0 radical (unpaired) electrons. The molecular weight excluding hydrogens is 535 g/mol. The first-order chi connectivity index (χ1) is 19.1. The minimum atomic E-state index is -4.73. The zero-order valence-electron chi connectivity index (χ0n) is 22.5. The highest BCUT2D eigenvalue weighted by Crippen LogP contribution is 2.50. The quantitative estimate of drug-likeness (QED) is 0.182. The average Bonchev–Trinajstić information content (AvgIpc) is 3.49. The van der Waals surface area contributed by atoms with Crippen LogP contribution in [0, 0.1) is 5.92 Å². The largest absolute Gasteiger partial charge is 0.573 e. The highest BCUT2D eigenvalue weighted by Gasteiger charge is 2.38. The monoisotopic (exact) mass is 565 g/mol. The topological polar surface area (TPSA) is 49.2 Å². The molecule has 1 fully saturated rings. The molecule has 3 aromatic carbocycles. The molecule has 4 aromatic rings. The summed E-state index contributed by atoms with van der Waals surface area (Å²) in [6.45, 7) is 4.38. The van der Waals surface area contributed by atoms with E-state index in [4.69, 9.17) is 17.0 Å². The summed E-state index contributed by atoms with van der Waals surface area (Å²) in [7, 11) is 1.69. The first kappa shape index (κ1) is 27.8. The summed E-state index contributed by atoms with van der Waals surface area (Å²) in [6, 6.07) is 20.0. The molecule has 9 heteroatoms. The maximum atomic E-state index is 12.4. The molecule has 0 N–H and O–H groups in total. The van der Waals surface area contributed by atoms with Crippen molar-refractivity contribution >= 4 is 17.1 Å². The third kappa shape index (κ3) is 6.70. The minimum absolute atomic E-state index is 0.285. The van der Waals surface area contributed by atoms with Gasteiger partial charge >= 0.3 is 6.36 Å². The van der Waals surface area contributed by atoms with Gasteiger partial charge < -0.3 is 9.47 Å². The average molecular weight is 566 g/mol. The van der Waals surface area contributed by atoms with Crippen LogP contribution in [-0.4, -0.2) is 33.1 Å². The fraction of sp³-hybridized carbons (Fsp3) is 0.323. The molecule has 0 amide bonds. The van der Waals surface area contributed by atoms with Crippen LogP contribution >= 0.6 is 12.2 Å². The Bertz CT molecular complexity index is 1480. The molecule has 0 bridgehead atoms. The van der Waals surface area contributed by atoms with E-state index in [0.717, 1.165) is 35.4 Å². The van der Waals surface area contributed by atoms with E-state index < -0.39 is 6.36 Å². The van der Waals surface area contributed by atoms with Gasteiger partial charge in [0.05, 0.1) is 12.8 Å². The lowest BCUT2D eigenvalue weighted by Crippen LogP contribution is -2.17. The number of nitrogens with zero attached hydrogens (tertiary/aromatic N) is 3. The second-order valence-electron chi connectivity index (χ2n) is 10.4. The number of halogens is 3. The van der Waals surface area contributed by atoms with Crippen molar-refractivity contribution in [2.24, 2.45) is 5.92 Å². The molecule has 0 aliphatic heterocycles. The molecule has 2 unspecified atom stereocenters.